The van der Waals surface area contributed by atoms with Gasteiger partial charge >= 0.3 is 0 Å². The summed E-state index contributed by atoms with van der Waals surface area (Å²) in [5.74, 6) is 0. The van der Waals surface area contributed by atoms with Gasteiger partial charge in [0.25, 0.3) is 0 Å². The maximum atomic E-state index is 8.79. The van der Waals surface area contributed by atoms with Gasteiger partial charge in [-0.25, -0.2) is 0 Å². The van der Waals surface area contributed by atoms with Gasteiger partial charge in [-0.2, -0.15) is 5.26 Å². The lowest BCUT2D eigenvalue weighted by molar-refractivity contribution is 1.52. The number of hydrogen-bond acceptors (Lipinski definition) is 4. The first-order valence-electron chi connectivity index (χ1n) is 4.01. The second kappa shape index (κ2) is 3.52. The minimum Gasteiger partial charge on any atom is -0.399 e. The van der Waals surface area contributed by atoms with Crippen molar-refractivity contribution in [1.82, 2.24) is 0 Å². The number of benzene rings is 1. The number of hydrogen-bond donors (Lipinski definition) is 1. The Morgan fingerprint density at radius 3 is 2.86 bits per heavy atom. The lowest BCUT2D eigenvalue weighted by Crippen LogP contribution is -1.83. The van der Waals surface area contributed by atoms with Crippen molar-refractivity contribution >= 4 is 38.9 Å². The Bertz CT molecular complexity index is 523. The quantitative estimate of drug-likeness (QED) is 0.593. The van der Waals surface area contributed by atoms with Gasteiger partial charge in [-0.1, -0.05) is 0 Å². The molecule has 1 aromatic heterocycles. The van der Waals surface area contributed by atoms with E-state index in [4.69, 9.17) is 11.0 Å². The van der Waals surface area contributed by atoms with E-state index in [-0.39, 0.29) is 0 Å². The predicted octanol–water partition coefficient (Wildman–Crippen LogP) is 3.08. The lowest BCUT2D eigenvalue weighted by Gasteiger charge is -2.00. The molecule has 0 amide bonds. The Labute approximate surface area is 90.3 Å². The highest BCUT2D eigenvalue weighted by Crippen LogP contribution is 2.34. The number of nitrogens with two attached hydrogens (primary N) is 1. The smallest absolute Gasteiger partial charge is 0.110 e. The molecular weight excluding hydrogens is 212 g/mol. The molecule has 1 aromatic carbocycles. The zero-order valence-corrected chi connectivity index (χ0v) is 9.21. The molecule has 1 heterocycles. The van der Waals surface area contributed by atoms with Gasteiger partial charge in [-0.05, 0) is 24.5 Å². The van der Waals surface area contributed by atoms with Crippen LogP contribution in [0, 0.1) is 11.3 Å². The monoisotopic (exact) mass is 220 g/mol. The summed E-state index contributed by atoms with van der Waals surface area (Å²) in [6.45, 7) is 0. The molecule has 0 saturated heterocycles. The fraction of sp³-hybridized carbons (Fsp3) is 0.100. The Kier molecular flexibility index (Phi) is 2.36. The van der Waals surface area contributed by atoms with Crippen molar-refractivity contribution in [3.63, 3.8) is 0 Å². The summed E-state index contributed by atoms with van der Waals surface area (Å²) in [4.78, 5) is 1.87. The molecule has 0 spiro atoms. The number of rotatable bonds is 1. The molecule has 0 radical (unpaired) electrons. The highest BCUT2D eigenvalue weighted by molar-refractivity contribution is 7.98. The summed E-state index contributed by atoms with van der Waals surface area (Å²) >= 11 is 3.14. The zero-order valence-electron chi connectivity index (χ0n) is 7.57. The second-order valence-corrected chi connectivity index (χ2v) is 4.79. The first kappa shape index (κ1) is 9.38. The van der Waals surface area contributed by atoms with Crippen molar-refractivity contribution in [1.29, 1.82) is 5.26 Å². The van der Waals surface area contributed by atoms with E-state index in [9.17, 15) is 0 Å². The molecule has 0 bridgehead atoms. The number of fused-ring (bicyclic) bond motifs is 1. The summed E-state index contributed by atoms with van der Waals surface area (Å²) in [5, 5.41) is 9.93. The van der Waals surface area contributed by atoms with Gasteiger partial charge in [-0.15, -0.1) is 23.1 Å². The molecule has 0 saturated carbocycles. The van der Waals surface area contributed by atoms with Crippen molar-refractivity contribution in [2.24, 2.45) is 0 Å². The zero-order chi connectivity index (χ0) is 10.1. The topological polar surface area (TPSA) is 49.8 Å². The first-order valence-corrected chi connectivity index (χ1v) is 6.06. The summed E-state index contributed by atoms with van der Waals surface area (Å²) in [6.07, 6.45) is 2.01. The standard InChI is InChI=1S/C10H8N2S2/c1-13-9-2-6(12)3-10-8(9)4-7(5-11)14-10/h2-4H,12H2,1H3. The molecule has 2 N–H and O–H groups in total. The van der Waals surface area contributed by atoms with E-state index in [1.165, 1.54) is 11.3 Å². The molecule has 2 aromatic rings. The molecule has 2 rings (SSSR count). The summed E-state index contributed by atoms with van der Waals surface area (Å²) in [6, 6.07) is 7.94. The third-order valence-corrected chi connectivity index (χ3v) is 3.72. The van der Waals surface area contributed by atoms with Crippen LogP contribution in [-0.2, 0) is 0 Å². The highest BCUT2D eigenvalue weighted by atomic mass is 32.2. The number of thioether (sulfide) groups is 1. The van der Waals surface area contributed by atoms with Crippen LogP contribution in [0.5, 0.6) is 0 Å². The van der Waals surface area contributed by atoms with Gasteiger partial charge in [0.2, 0.25) is 0 Å². The molecule has 2 nitrogen and oxygen atoms in total. The van der Waals surface area contributed by atoms with E-state index in [2.05, 4.69) is 6.07 Å². The molecule has 0 unspecified atom stereocenters. The average molecular weight is 220 g/mol. The van der Waals surface area contributed by atoms with Gasteiger partial charge in [0, 0.05) is 20.7 Å². The van der Waals surface area contributed by atoms with Crippen molar-refractivity contribution in [3.8, 4) is 6.07 Å². The van der Waals surface area contributed by atoms with E-state index in [0.717, 1.165) is 25.5 Å². The van der Waals surface area contributed by atoms with Crippen molar-refractivity contribution in [3.05, 3.63) is 23.1 Å². The fourth-order valence-electron chi connectivity index (χ4n) is 1.35. The third kappa shape index (κ3) is 1.45. The summed E-state index contributed by atoms with van der Waals surface area (Å²) < 4.78 is 1.09. The molecular formula is C10H8N2S2. The van der Waals surface area contributed by atoms with Crippen molar-refractivity contribution in [2.45, 2.75) is 4.90 Å². The van der Waals surface area contributed by atoms with Crippen LogP contribution >= 0.6 is 23.1 Å². The highest BCUT2D eigenvalue weighted by Gasteiger charge is 2.06. The normalized spacial score (nSPS) is 10.3. The lowest BCUT2D eigenvalue weighted by atomic mass is 10.2. The van der Waals surface area contributed by atoms with E-state index >= 15 is 0 Å². The van der Waals surface area contributed by atoms with Crippen LogP contribution in [0.4, 0.5) is 5.69 Å². The molecule has 0 fully saturated rings. The average Bonchev–Trinajstić information content (AvgIpc) is 2.59. The molecule has 70 valence electrons. The summed E-state index contributed by atoms with van der Waals surface area (Å²) in [7, 11) is 0. The molecule has 0 aliphatic rings. The number of thiophene rings is 1. The van der Waals surface area contributed by atoms with Crippen LogP contribution in [0.15, 0.2) is 23.1 Å². The summed E-state index contributed by atoms with van der Waals surface area (Å²) in [5.41, 5.74) is 6.52. The van der Waals surface area contributed by atoms with E-state index in [1.54, 1.807) is 11.8 Å². The maximum Gasteiger partial charge on any atom is 0.110 e. The van der Waals surface area contributed by atoms with Crippen LogP contribution in [0.25, 0.3) is 10.1 Å². The molecule has 14 heavy (non-hydrogen) atoms. The van der Waals surface area contributed by atoms with Gasteiger partial charge < -0.3 is 5.73 Å². The largest absolute Gasteiger partial charge is 0.399 e. The number of nitriles is 1. The maximum absolute atomic E-state index is 8.79. The molecule has 0 aliphatic heterocycles. The van der Waals surface area contributed by atoms with Gasteiger partial charge in [-0.3, -0.25) is 0 Å². The van der Waals surface area contributed by atoms with Crippen LogP contribution in [0.2, 0.25) is 0 Å². The number of nitrogen functional groups attached to an aromatic ring is 1. The van der Waals surface area contributed by atoms with Crippen LogP contribution in [-0.4, -0.2) is 6.26 Å². The van der Waals surface area contributed by atoms with Gasteiger partial charge in [0.05, 0.1) is 0 Å². The van der Waals surface area contributed by atoms with Crippen LogP contribution < -0.4 is 5.73 Å². The minimum atomic E-state index is 0.737. The van der Waals surface area contributed by atoms with Crippen molar-refractivity contribution < 1.29 is 0 Å². The predicted molar refractivity (Wildman–Crippen MR) is 62.7 cm³/mol. The molecule has 0 atom stereocenters. The molecule has 0 aliphatic carbocycles. The second-order valence-electron chi connectivity index (χ2n) is 2.86. The third-order valence-electron chi connectivity index (χ3n) is 1.95. The van der Waals surface area contributed by atoms with Crippen LogP contribution in [0.1, 0.15) is 4.88 Å². The van der Waals surface area contributed by atoms with E-state index in [1.807, 2.05) is 24.5 Å². The van der Waals surface area contributed by atoms with E-state index in [0.29, 0.717) is 0 Å². The number of nitrogens with zero attached hydrogens (tertiary/aromatic N) is 1. The Morgan fingerprint density at radius 1 is 1.43 bits per heavy atom. The van der Waals surface area contributed by atoms with Crippen molar-refractivity contribution in [2.75, 3.05) is 12.0 Å². The van der Waals surface area contributed by atoms with Gasteiger partial charge in [0.15, 0.2) is 0 Å². The van der Waals surface area contributed by atoms with Gasteiger partial charge in [0.1, 0.15) is 10.9 Å². The number of anilines is 1. The first-order chi connectivity index (χ1) is 6.74. The van der Waals surface area contributed by atoms with E-state index < -0.39 is 0 Å². The molecule has 4 heteroatoms. The minimum absolute atomic E-state index is 0.737. The Balaban J connectivity index is 2.79. The van der Waals surface area contributed by atoms with Crippen LogP contribution in [0.3, 0.4) is 0 Å². The fourth-order valence-corrected chi connectivity index (χ4v) is 2.99. The SMILES string of the molecule is CSc1cc(N)cc2sc(C#N)cc12. The Morgan fingerprint density at radius 2 is 2.21 bits per heavy atom. The Hall–Kier alpha value is -1.18.